The molecule has 0 aliphatic heterocycles. The molecule has 5 aromatic heterocycles. The van der Waals surface area contributed by atoms with Gasteiger partial charge in [0.15, 0.2) is 0 Å². The van der Waals surface area contributed by atoms with Gasteiger partial charge in [-0.2, -0.15) is 0 Å². The van der Waals surface area contributed by atoms with Crippen LogP contribution in [0.2, 0.25) is 0 Å². The molecule has 0 saturated carbocycles. The molecule has 0 unspecified atom stereocenters. The zero-order valence-corrected chi connectivity index (χ0v) is 22.7. The zero-order valence-electron chi connectivity index (χ0n) is 22.7. The van der Waals surface area contributed by atoms with Crippen LogP contribution in [0.15, 0.2) is 147 Å². The lowest BCUT2D eigenvalue weighted by Crippen LogP contribution is -2.01. The van der Waals surface area contributed by atoms with Crippen molar-refractivity contribution in [2.75, 3.05) is 0 Å². The van der Waals surface area contributed by atoms with Crippen LogP contribution in [-0.2, 0) is 0 Å². The average Bonchev–Trinajstić information content (AvgIpc) is 3.08. The van der Waals surface area contributed by atoms with Crippen molar-refractivity contribution in [1.29, 1.82) is 5.41 Å². The summed E-state index contributed by atoms with van der Waals surface area (Å²) >= 11 is 0. The first-order valence-corrected chi connectivity index (χ1v) is 13.5. The Kier molecular flexibility index (Phi) is 7.59. The number of hydrogen-bond acceptors (Lipinski definition) is 6. The van der Waals surface area contributed by atoms with Gasteiger partial charge in [0.1, 0.15) is 0 Å². The first-order valence-electron chi connectivity index (χ1n) is 13.5. The predicted molar refractivity (Wildman–Crippen MR) is 169 cm³/mol. The van der Waals surface area contributed by atoms with Gasteiger partial charge in [-0.15, -0.1) is 0 Å². The molecular formula is C36H26N6. The summed E-state index contributed by atoms with van der Waals surface area (Å²) in [5, 5.41) is 8.55. The Bertz CT molecular complexity index is 1820. The second kappa shape index (κ2) is 12.1. The molecule has 0 bridgehead atoms. The van der Waals surface area contributed by atoms with E-state index in [1.807, 2.05) is 66.7 Å². The number of pyridine rings is 5. The number of rotatable bonds is 8. The van der Waals surface area contributed by atoms with E-state index in [-0.39, 0.29) is 0 Å². The number of nitrogens with zero attached hydrogens (tertiary/aromatic N) is 5. The van der Waals surface area contributed by atoms with Gasteiger partial charge >= 0.3 is 0 Å². The molecule has 6 rings (SSSR count). The summed E-state index contributed by atoms with van der Waals surface area (Å²) in [7, 11) is 0. The van der Waals surface area contributed by atoms with E-state index >= 15 is 0 Å². The van der Waals surface area contributed by atoms with Gasteiger partial charge in [-0.3, -0.25) is 20.4 Å². The Labute approximate surface area is 244 Å². The van der Waals surface area contributed by atoms with Crippen LogP contribution in [0.1, 0.15) is 5.69 Å². The van der Waals surface area contributed by atoms with Crippen LogP contribution in [0.4, 0.5) is 0 Å². The molecule has 1 N–H and O–H groups in total. The largest absolute Gasteiger partial charge is 0.299 e. The number of nitrogens with one attached hydrogen (secondary N) is 1. The summed E-state index contributed by atoms with van der Waals surface area (Å²) in [6.45, 7) is 3.71. The number of hydrogen-bond donors (Lipinski definition) is 1. The second-order valence-electron chi connectivity index (χ2n) is 9.48. The Morgan fingerprint density at radius 1 is 0.524 bits per heavy atom. The van der Waals surface area contributed by atoms with E-state index in [0.29, 0.717) is 17.1 Å². The highest BCUT2D eigenvalue weighted by Crippen LogP contribution is 2.31. The van der Waals surface area contributed by atoms with Gasteiger partial charge in [-0.1, -0.05) is 61.2 Å². The third kappa shape index (κ3) is 5.83. The summed E-state index contributed by atoms with van der Waals surface area (Å²) in [6.07, 6.45) is 10.4. The van der Waals surface area contributed by atoms with Crippen molar-refractivity contribution in [2.24, 2.45) is 0 Å². The first kappa shape index (κ1) is 26.3. The maximum atomic E-state index is 8.55. The van der Waals surface area contributed by atoms with Crippen LogP contribution in [0.3, 0.4) is 0 Å². The Balaban J connectivity index is 1.42. The molecule has 0 radical (unpaired) electrons. The standard InChI is InChI=1S/C36H26N6/c1-2-3-10-29(37)33-21-27(22-34(41-33)30-11-4-7-18-38-30)25-14-16-26(17-15-25)28-23-35(31-12-5-8-19-39-31)42-36(24-28)32-13-6-9-20-40-32/h2-24,37H,1H2/b10-3-,37-29?. The van der Waals surface area contributed by atoms with Gasteiger partial charge in [-0.25, -0.2) is 9.97 Å². The molecule has 6 heteroatoms. The van der Waals surface area contributed by atoms with E-state index in [9.17, 15) is 0 Å². The fourth-order valence-corrected chi connectivity index (χ4v) is 4.57. The molecule has 200 valence electrons. The normalized spacial score (nSPS) is 11.0. The fourth-order valence-electron chi connectivity index (χ4n) is 4.57. The summed E-state index contributed by atoms with van der Waals surface area (Å²) in [5.41, 5.74) is 9.47. The third-order valence-corrected chi connectivity index (χ3v) is 6.66. The van der Waals surface area contributed by atoms with E-state index in [0.717, 1.165) is 50.7 Å². The quantitative estimate of drug-likeness (QED) is 0.155. The van der Waals surface area contributed by atoms with Gasteiger partial charge < -0.3 is 0 Å². The van der Waals surface area contributed by atoms with Crippen LogP contribution >= 0.6 is 0 Å². The molecule has 42 heavy (non-hydrogen) atoms. The van der Waals surface area contributed by atoms with Crippen molar-refractivity contribution in [1.82, 2.24) is 24.9 Å². The van der Waals surface area contributed by atoms with E-state index in [1.54, 1.807) is 36.8 Å². The lowest BCUT2D eigenvalue weighted by Gasteiger charge is -2.11. The highest BCUT2D eigenvalue weighted by molar-refractivity contribution is 6.06. The van der Waals surface area contributed by atoms with Crippen molar-refractivity contribution >= 4 is 5.71 Å². The van der Waals surface area contributed by atoms with Crippen molar-refractivity contribution in [3.63, 3.8) is 0 Å². The maximum Gasteiger partial charge on any atom is 0.0900 e. The van der Waals surface area contributed by atoms with E-state index in [4.69, 9.17) is 15.4 Å². The minimum absolute atomic E-state index is 0.298. The van der Waals surface area contributed by atoms with E-state index in [2.05, 4.69) is 57.9 Å². The highest BCUT2D eigenvalue weighted by Gasteiger charge is 2.13. The third-order valence-electron chi connectivity index (χ3n) is 6.66. The molecule has 6 nitrogen and oxygen atoms in total. The monoisotopic (exact) mass is 542 g/mol. The van der Waals surface area contributed by atoms with E-state index < -0.39 is 0 Å². The summed E-state index contributed by atoms with van der Waals surface area (Å²) in [4.78, 5) is 23.1. The maximum absolute atomic E-state index is 8.55. The van der Waals surface area contributed by atoms with Crippen LogP contribution in [0.5, 0.6) is 0 Å². The van der Waals surface area contributed by atoms with Crippen molar-refractivity contribution in [3.8, 4) is 56.4 Å². The molecule has 0 aliphatic rings. The summed E-state index contributed by atoms with van der Waals surface area (Å²) < 4.78 is 0. The first-order chi connectivity index (χ1) is 20.7. The smallest absolute Gasteiger partial charge is 0.0900 e. The molecule has 0 spiro atoms. The lowest BCUT2D eigenvalue weighted by atomic mass is 9.98. The molecule has 1 aromatic carbocycles. The minimum atomic E-state index is 0.298. The van der Waals surface area contributed by atoms with Gasteiger partial charge in [0.05, 0.1) is 45.6 Å². The van der Waals surface area contributed by atoms with Gasteiger partial charge in [0.25, 0.3) is 0 Å². The van der Waals surface area contributed by atoms with Crippen molar-refractivity contribution in [3.05, 3.63) is 152 Å². The van der Waals surface area contributed by atoms with Gasteiger partial charge in [0, 0.05) is 18.6 Å². The van der Waals surface area contributed by atoms with Crippen LogP contribution < -0.4 is 0 Å². The van der Waals surface area contributed by atoms with Gasteiger partial charge in [-0.05, 0) is 89.0 Å². The molecule has 6 aromatic rings. The zero-order chi connectivity index (χ0) is 28.7. The molecule has 0 atom stereocenters. The summed E-state index contributed by atoms with van der Waals surface area (Å²) in [5.74, 6) is 0. The Hall–Kier alpha value is -5.88. The second-order valence-corrected chi connectivity index (χ2v) is 9.48. The molecule has 0 fully saturated rings. The molecule has 0 aliphatic carbocycles. The van der Waals surface area contributed by atoms with Crippen LogP contribution in [0.25, 0.3) is 56.4 Å². The summed E-state index contributed by atoms with van der Waals surface area (Å²) in [6, 6.07) is 33.8. The SMILES string of the molecule is C=C/C=C\C(=N)c1cc(-c2ccc(-c3cc(-c4ccccn4)nc(-c4ccccn4)c3)cc2)cc(-c2ccccn2)n1. The average molecular weight is 543 g/mol. The van der Waals surface area contributed by atoms with Crippen molar-refractivity contribution in [2.45, 2.75) is 0 Å². The Morgan fingerprint density at radius 2 is 0.976 bits per heavy atom. The lowest BCUT2D eigenvalue weighted by molar-refractivity contribution is 1.22. The molecule has 5 heterocycles. The van der Waals surface area contributed by atoms with Crippen molar-refractivity contribution < 1.29 is 0 Å². The fraction of sp³-hybridized carbons (Fsp3) is 0. The topological polar surface area (TPSA) is 88.3 Å². The van der Waals surface area contributed by atoms with Crippen LogP contribution in [-0.4, -0.2) is 30.6 Å². The number of aromatic nitrogens is 5. The predicted octanol–water partition coefficient (Wildman–Crippen LogP) is 8.11. The highest BCUT2D eigenvalue weighted by atomic mass is 14.8. The molecule has 0 saturated heterocycles. The number of allylic oxidation sites excluding steroid dienone is 3. The van der Waals surface area contributed by atoms with Crippen LogP contribution in [0, 0.1) is 5.41 Å². The molecule has 0 amide bonds. The Morgan fingerprint density at radius 3 is 1.40 bits per heavy atom. The number of benzene rings is 1. The van der Waals surface area contributed by atoms with E-state index in [1.165, 1.54) is 0 Å². The minimum Gasteiger partial charge on any atom is -0.299 e. The molecular weight excluding hydrogens is 516 g/mol. The van der Waals surface area contributed by atoms with Gasteiger partial charge in [0.2, 0.25) is 0 Å².